The fraction of sp³-hybridized carbons (Fsp3) is 0.133. The number of hydrogen-bond donors (Lipinski definition) is 1. The number of nitrogens with zero attached hydrogens (tertiary/aromatic N) is 1. The van der Waals surface area contributed by atoms with Crippen LogP contribution in [0.3, 0.4) is 0 Å². The van der Waals surface area contributed by atoms with Crippen LogP contribution in [0.1, 0.15) is 17.2 Å². The van der Waals surface area contributed by atoms with Crippen LogP contribution in [0.5, 0.6) is 0 Å². The molecule has 2 rings (SSSR count). The zero-order chi connectivity index (χ0) is 13.7. The van der Waals surface area contributed by atoms with Crippen molar-refractivity contribution in [3.63, 3.8) is 0 Å². The Hall–Kier alpha value is -2.25. The molecule has 0 fully saturated rings. The van der Waals surface area contributed by atoms with Crippen molar-refractivity contribution in [3.05, 3.63) is 71.3 Å². The highest BCUT2D eigenvalue weighted by Crippen LogP contribution is 2.16. The largest absolute Gasteiger partial charge is 0.294 e. The van der Waals surface area contributed by atoms with Gasteiger partial charge in [0.1, 0.15) is 6.04 Å². The molecule has 0 bridgehead atoms. The third kappa shape index (κ3) is 3.36. The molecule has 0 aromatic heterocycles. The minimum absolute atomic E-state index is 0.414. The van der Waals surface area contributed by atoms with Crippen molar-refractivity contribution < 1.29 is 8.78 Å². The van der Waals surface area contributed by atoms with Gasteiger partial charge in [0, 0.05) is 6.54 Å². The minimum Gasteiger partial charge on any atom is -0.294 e. The van der Waals surface area contributed by atoms with Crippen LogP contribution in [0, 0.1) is 23.0 Å². The second kappa shape index (κ2) is 6.07. The van der Waals surface area contributed by atoms with Crippen LogP contribution in [0.2, 0.25) is 0 Å². The van der Waals surface area contributed by atoms with Crippen LogP contribution in [-0.2, 0) is 6.54 Å². The lowest BCUT2D eigenvalue weighted by Crippen LogP contribution is -2.19. The Balaban J connectivity index is 2.08. The molecule has 0 spiro atoms. The van der Waals surface area contributed by atoms with Gasteiger partial charge in [-0.05, 0) is 23.3 Å². The maximum Gasteiger partial charge on any atom is 0.159 e. The van der Waals surface area contributed by atoms with E-state index in [1.807, 2.05) is 36.4 Å². The van der Waals surface area contributed by atoms with Gasteiger partial charge in [-0.15, -0.1) is 0 Å². The third-order valence-electron chi connectivity index (χ3n) is 2.76. The normalized spacial score (nSPS) is 11.8. The molecule has 0 radical (unpaired) electrons. The smallest absolute Gasteiger partial charge is 0.159 e. The van der Waals surface area contributed by atoms with Gasteiger partial charge < -0.3 is 0 Å². The standard InChI is InChI=1S/C15H12F2N2/c16-13-7-6-12(8-14(13)17)15(9-18)19-10-11-4-2-1-3-5-11/h1-8,15,19H,10H2. The maximum absolute atomic E-state index is 13.1. The second-order valence-electron chi connectivity index (χ2n) is 4.10. The first-order chi connectivity index (χ1) is 9.20. The zero-order valence-electron chi connectivity index (χ0n) is 10.1. The summed E-state index contributed by atoms with van der Waals surface area (Å²) < 4.78 is 26.0. The molecule has 0 aliphatic heterocycles. The van der Waals surface area contributed by atoms with Crippen molar-refractivity contribution in [1.82, 2.24) is 5.32 Å². The van der Waals surface area contributed by atoms with Gasteiger partial charge in [0.15, 0.2) is 11.6 Å². The SMILES string of the molecule is N#CC(NCc1ccccc1)c1ccc(F)c(F)c1. The summed E-state index contributed by atoms with van der Waals surface area (Å²) in [5.41, 5.74) is 1.43. The number of rotatable bonds is 4. The van der Waals surface area contributed by atoms with E-state index in [-0.39, 0.29) is 0 Å². The summed E-state index contributed by atoms with van der Waals surface area (Å²) >= 11 is 0. The molecule has 2 nitrogen and oxygen atoms in total. The Morgan fingerprint density at radius 1 is 1.05 bits per heavy atom. The lowest BCUT2D eigenvalue weighted by atomic mass is 10.1. The molecule has 0 heterocycles. The molecule has 96 valence electrons. The predicted molar refractivity (Wildman–Crippen MR) is 68.0 cm³/mol. The summed E-state index contributed by atoms with van der Waals surface area (Å²) in [7, 11) is 0. The van der Waals surface area contributed by atoms with Crippen molar-refractivity contribution in [2.24, 2.45) is 0 Å². The van der Waals surface area contributed by atoms with Crippen LogP contribution < -0.4 is 5.32 Å². The fourth-order valence-electron chi connectivity index (χ4n) is 1.75. The molecular weight excluding hydrogens is 246 g/mol. The van der Waals surface area contributed by atoms with E-state index in [0.29, 0.717) is 12.1 Å². The van der Waals surface area contributed by atoms with Crippen LogP contribution in [-0.4, -0.2) is 0 Å². The lowest BCUT2D eigenvalue weighted by molar-refractivity contribution is 0.504. The zero-order valence-corrected chi connectivity index (χ0v) is 10.1. The van der Waals surface area contributed by atoms with Crippen LogP contribution in [0.25, 0.3) is 0 Å². The first kappa shape index (κ1) is 13.2. The molecular formula is C15H12F2N2. The summed E-state index contributed by atoms with van der Waals surface area (Å²) in [6.07, 6.45) is 0. The van der Waals surface area contributed by atoms with Crippen LogP contribution >= 0.6 is 0 Å². The van der Waals surface area contributed by atoms with Crippen molar-refractivity contribution in [3.8, 4) is 6.07 Å². The molecule has 0 saturated heterocycles. The van der Waals surface area contributed by atoms with E-state index in [1.165, 1.54) is 6.07 Å². The van der Waals surface area contributed by atoms with E-state index >= 15 is 0 Å². The van der Waals surface area contributed by atoms with Gasteiger partial charge >= 0.3 is 0 Å². The molecule has 1 unspecified atom stereocenters. The number of nitriles is 1. The Morgan fingerprint density at radius 2 is 1.79 bits per heavy atom. The summed E-state index contributed by atoms with van der Waals surface area (Å²) in [6.45, 7) is 0.484. The molecule has 1 atom stereocenters. The van der Waals surface area contributed by atoms with E-state index in [9.17, 15) is 8.78 Å². The molecule has 0 amide bonds. The first-order valence-corrected chi connectivity index (χ1v) is 5.82. The summed E-state index contributed by atoms with van der Waals surface area (Å²) in [4.78, 5) is 0. The van der Waals surface area contributed by atoms with Gasteiger partial charge in [-0.25, -0.2) is 8.78 Å². The Labute approximate surface area is 110 Å². The molecule has 1 N–H and O–H groups in total. The molecule has 0 saturated carbocycles. The first-order valence-electron chi connectivity index (χ1n) is 5.82. The predicted octanol–water partition coefficient (Wildman–Crippen LogP) is 3.32. The van der Waals surface area contributed by atoms with Gasteiger partial charge in [0.25, 0.3) is 0 Å². The molecule has 4 heteroatoms. The van der Waals surface area contributed by atoms with E-state index in [0.717, 1.165) is 17.7 Å². The Kier molecular flexibility index (Phi) is 4.22. The quantitative estimate of drug-likeness (QED) is 0.913. The van der Waals surface area contributed by atoms with E-state index in [2.05, 4.69) is 5.32 Å². The van der Waals surface area contributed by atoms with E-state index in [4.69, 9.17) is 5.26 Å². The van der Waals surface area contributed by atoms with Gasteiger partial charge in [-0.2, -0.15) is 5.26 Å². The highest BCUT2D eigenvalue weighted by atomic mass is 19.2. The summed E-state index contributed by atoms with van der Waals surface area (Å²) in [6, 6.07) is 14.4. The number of hydrogen-bond acceptors (Lipinski definition) is 2. The van der Waals surface area contributed by atoms with Gasteiger partial charge in [-0.3, -0.25) is 5.32 Å². The van der Waals surface area contributed by atoms with Gasteiger partial charge in [0.05, 0.1) is 6.07 Å². The molecule has 0 aliphatic carbocycles. The van der Waals surface area contributed by atoms with Crippen LogP contribution in [0.15, 0.2) is 48.5 Å². The number of halogens is 2. The summed E-state index contributed by atoms with van der Waals surface area (Å²) in [5.74, 6) is -1.86. The average molecular weight is 258 g/mol. The van der Waals surface area contributed by atoms with E-state index < -0.39 is 17.7 Å². The highest BCUT2D eigenvalue weighted by Gasteiger charge is 2.12. The van der Waals surface area contributed by atoms with E-state index in [1.54, 1.807) is 0 Å². The van der Waals surface area contributed by atoms with Crippen LogP contribution in [0.4, 0.5) is 8.78 Å². The Bertz CT molecular complexity index is 591. The monoisotopic (exact) mass is 258 g/mol. The average Bonchev–Trinajstić information content (AvgIpc) is 2.44. The minimum atomic E-state index is -0.945. The van der Waals surface area contributed by atoms with Gasteiger partial charge in [-0.1, -0.05) is 36.4 Å². The van der Waals surface area contributed by atoms with Gasteiger partial charge in [0.2, 0.25) is 0 Å². The number of benzene rings is 2. The third-order valence-corrected chi connectivity index (χ3v) is 2.76. The molecule has 2 aromatic carbocycles. The maximum atomic E-state index is 13.1. The topological polar surface area (TPSA) is 35.8 Å². The summed E-state index contributed by atoms with van der Waals surface area (Å²) in [5, 5.41) is 12.1. The van der Waals surface area contributed by atoms with Crippen molar-refractivity contribution in [2.75, 3.05) is 0 Å². The molecule has 2 aromatic rings. The van der Waals surface area contributed by atoms with Crippen molar-refractivity contribution >= 4 is 0 Å². The molecule has 0 aliphatic rings. The molecule has 19 heavy (non-hydrogen) atoms. The number of nitrogens with one attached hydrogen (secondary N) is 1. The Morgan fingerprint density at radius 3 is 2.42 bits per heavy atom. The lowest BCUT2D eigenvalue weighted by Gasteiger charge is -2.12. The second-order valence-corrected chi connectivity index (χ2v) is 4.10. The fourth-order valence-corrected chi connectivity index (χ4v) is 1.75. The highest BCUT2D eigenvalue weighted by molar-refractivity contribution is 5.26. The van der Waals surface area contributed by atoms with Crippen molar-refractivity contribution in [2.45, 2.75) is 12.6 Å². The van der Waals surface area contributed by atoms with Crippen molar-refractivity contribution in [1.29, 1.82) is 5.26 Å².